The van der Waals surface area contributed by atoms with Crippen molar-refractivity contribution in [1.82, 2.24) is 9.88 Å². The molecule has 0 aromatic carbocycles. The Kier molecular flexibility index (Phi) is 3.81. The van der Waals surface area contributed by atoms with Gasteiger partial charge in [-0.3, -0.25) is 0 Å². The first-order chi connectivity index (χ1) is 8.58. The number of aromatic carboxylic acids is 1. The molecular weight excluding hydrogens is 232 g/mol. The molecule has 5 heteroatoms. The van der Waals surface area contributed by atoms with Crippen molar-refractivity contribution in [3.63, 3.8) is 0 Å². The zero-order valence-corrected chi connectivity index (χ0v) is 10.7. The first-order valence-electron chi connectivity index (χ1n) is 6.12. The van der Waals surface area contributed by atoms with Crippen molar-refractivity contribution in [3.8, 4) is 5.88 Å². The molecule has 1 saturated heterocycles. The van der Waals surface area contributed by atoms with Crippen LogP contribution in [0.1, 0.15) is 28.8 Å². The molecule has 1 N–H and O–H groups in total. The van der Waals surface area contributed by atoms with Gasteiger partial charge in [0.05, 0.1) is 0 Å². The van der Waals surface area contributed by atoms with Crippen molar-refractivity contribution in [3.05, 3.63) is 23.4 Å². The Balaban J connectivity index is 2.14. The molecule has 1 aliphatic heterocycles. The van der Waals surface area contributed by atoms with Crippen LogP contribution in [0.25, 0.3) is 0 Å². The Hall–Kier alpha value is -1.62. The maximum absolute atomic E-state index is 11.2. The summed E-state index contributed by atoms with van der Waals surface area (Å²) in [6.45, 7) is 3.70. The van der Waals surface area contributed by atoms with Gasteiger partial charge in [0, 0.05) is 19.3 Å². The molecule has 98 valence electrons. The largest absolute Gasteiger partial charge is 0.477 e. The van der Waals surface area contributed by atoms with Gasteiger partial charge in [0.2, 0.25) is 5.88 Å². The van der Waals surface area contributed by atoms with E-state index in [-0.39, 0.29) is 17.5 Å². The molecular formula is C13H18N2O3. The van der Waals surface area contributed by atoms with Gasteiger partial charge >= 0.3 is 5.97 Å². The average molecular weight is 250 g/mol. The molecule has 0 unspecified atom stereocenters. The second kappa shape index (κ2) is 5.35. The summed E-state index contributed by atoms with van der Waals surface area (Å²) in [5, 5.41) is 9.19. The molecule has 0 saturated carbocycles. The summed E-state index contributed by atoms with van der Waals surface area (Å²) in [4.78, 5) is 17.5. The molecule has 1 aromatic rings. The summed E-state index contributed by atoms with van der Waals surface area (Å²) < 4.78 is 5.76. The molecule has 2 rings (SSSR count). The van der Waals surface area contributed by atoms with Crippen LogP contribution < -0.4 is 4.74 Å². The predicted octanol–water partition coefficient (Wildman–Crippen LogP) is 1.56. The molecule has 1 aliphatic rings. The van der Waals surface area contributed by atoms with Crippen molar-refractivity contribution in [2.24, 2.45) is 0 Å². The van der Waals surface area contributed by atoms with Crippen LogP contribution in [-0.4, -0.2) is 47.2 Å². The summed E-state index contributed by atoms with van der Waals surface area (Å²) in [5.41, 5.74) is 0.858. The lowest BCUT2D eigenvalue weighted by Crippen LogP contribution is -2.36. The quantitative estimate of drug-likeness (QED) is 0.882. The first-order valence-corrected chi connectivity index (χ1v) is 6.12. The fourth-order valence-corrected chi connectivity index (χ4v) is 2.14. The van der Waals surface area contributed by atoms with E-state index in [0.29, 0.717) is 5.56 Å². The van der Waals surface area contributed by atoms with Gasteiger partial charge in [-0.2, -0.15) is 0 Å². The van der Waals surface area contributed by atoms with Crippen LogP contribution in [-0.2, 0) is 0 Å². The molecule has 1 aromatic heterocycles. The maximum Gasteiger partial charge on any atom is 0.341 e. The topological polar surface area (TPSA) is 62.7 Å². The lowest BCUT2D eigenvalue weighted by molar-refractivity contribution is 0.0676. The number of hydrogen-bond acceptors (Lipinski definition) is 4. The minimum Gasteiger partial charge on any atom is -0.477 e. The number of ether oxygens (including phenoxy) is 1. The Morgan fingerprint density at radius 1 is 1.50 bits per heavy atom. The highest BCUT2D eigenvalue weighted by Gasteiger charge is 2.22. The molecule has 0 spiro atoms. The Morgan fingerprint density at radius 3 is 2.78 bits per heavy atom. The van der Waals surface area contributed by atoms with E-state index in [9.17, 15) is 9.90 Å². The predicted molar refractivity (Wildman–Crippen MR) is 67.1 cm³/mol. The van der Waals surface area contributed by atoms with E-state index < -0.39 is 5.97 Å². The zero-order valence-electron chi connectivity index (χ0n) is 10.7. The molecule has 5 nitrogen and oxygen atoms in total. The summed E-state index contributed by atoms with van der Waals surface area (Å²) in [6, 6.07) is 1.69. The molecule has 0 bridgehead atoms. The van der Waals surface area contributed by atoms with Gasteiger partial charge in [-0.25, -0.2) is 9.78 Å². The van der Waals surface area contributed by atoms with Crippen molar-refractivity contribution in [1.29, 1.82) is 0 Å². The van der Waals surface area contributed by atoms with Gasteiger partial charge in [-0.15, -0.1) is 0 Å². The van der Waals surface area contributed by atoms with Gasteiger partial charge < -0.3 is 14.7 Å². The van der Waals surface area contributed by atoms with Crippen LogP contribution in [0.5, 0.6) is 5.88 Å². The van der Waals surface area contributed by atoms with Gasteiger partial charge in [0.25, 0.3) is 0 Å². The van der Waals surface area contributed by atoms with E-state index in [1.54, 1.807) is 19.2 Å². The zero-order chi connectivity index (χ0) is 13.1. The Morgan fingerprint density at radius 2 is 2.17 bits per heavy atom. The smallest absolute Gasteiger partial charge is 0.341 e. The van der Waals surface area contributed by atoms with Crippen LogP contribution in [0.15, 0.2) is 12.3 Å². The first kappa shape index (κ1) is 12.8. The minimum absolute atomic E-state index is 0.0635. The summed E-state index contributed by atoms with van der Waals surface area (Å²) in [7, 11) is 2.07. The summed E-state index contributed by atoms with van der Waals surface area (Å²) >= 11 is 0. The highest BCUT2D eigenvalue weighted by molar-refractivity contribution is 5.91. The molecule has 0 aliphatic carbocycles. The van der Waals surface area contributed by atoms with Crippen molar-refractivity contribution in [2.45, 2.75) is 25.9 Å². The highest BCUT2D eigenvalue weighted by Crippen LogP contribution is 2.23. The maximum atomic E-state index is 11.2. The van der Waals surface area contributed by atoms with E-state index in [4.69, 9.17) is 4.74 Å². The van der Waals surface area contributed by atoms with Gasteiger partial charge in [0.15, 0.2) is 0 Å². The number of carbonyl (C=O) groups is 1. The number of carboxylic acids is 1. The lowest BCUT2D eigenvalue weighted by Gasteiger charge is -2.29. The van der Waals surface area contributed by atoms with Crippen molar-refractivity contribution in [2.75, 3.05) is 20.1 Å². The Bertz CT molecular complexity index is 440. The van der Waals surface area contributed by atoms with Crippen LogP contribution in [0.2, 0.25) is 0 Å². The third-order valence-electron chi connectivity index (χ3n) is 3.28. The Labute approximate surface area is 106 Å². The van der Waals surface area contributed by atoms with Crippen LogP contribution in [0.4, 0.5) is 0 Å². The van der Waals surface area contributed by atoms with Crippen LogP contribution >= 0.6 is 0 Å². The van der Waals surface area contributed by atoms with E-state index in [1.807, 2.05) is 0 Å². The molecule has 2 heterocycles. The minimum atomic E-state index is -0.983. The number of nitrogens with zero attached hydrogens (tertiary/aromatic N) is 2. The van der Waals surface area contributed by atoms with Crippen LogP contribution in [0, 0.1) is 6.92 Å². The molecule has 0 amide bonds. The molecule has 0 atom stereocenters. The normalized spacial score (nSPS) is 17.7. The van der Waals surface area contributed by atoms with E-state index >= 15 is 0 Å². The number of rotatable bonds is 3. The van der Waals surface area contributed by atoms with Gasteiger partial charge in [-0.05, 0) is 38.4 Å². The van der Waals surface area contributed by atoms with Crippen LogP contribution in [0.3, 0.4) is 0 Å². The third-order valence-corrected chi connectivity index (χ3v) is 3.28. The number of carboxylic acid groups (broad SMARTS) is 1. The number of piperidine rings is 1. The number of pyridine rings is 1. The van der Waals surface area contributed by atoms with E-state index in [0.717, 1.165) is 25.9 Å². The lowest BCUT2D eigenvalue weighted by atomic mass is 10.1. The fraction of sp³-hybridized carbons (Fsp3) is 0.538. The number of likely N-dealkylation sites (tertiary alicyclic amines) is 1. The van der Waals surface area contributed by atoms with Crippen molar-refractivity contribution < 1.29 is 14.6 Å². The summed E-state index contributed by atoms with van der Waals surface area (Å²) in [6.07, 6.45) is 3.47. The number of aromatic nitrogens is 1. The van der Waals surface area contributed by atoms with E-state index in [1.165, 1.54) is 0 Å². The molecule has 1 fully saturated rings. The summed E-state index contributed by atoms with van der Waals surface area (Å²) in [5.74, 6) is -0.736. The monoisotopic (exact) mass is 250 g/mol. The standard InChI is InChI=1S/C13H18N2O3/c1-9-3-6-14-12(11(9)13(16)17)18-10-4-7-15(2)8-5-10/h3,6,10H,4-5,7-8H2,1-2H3,(H,16,17). The van der Waals surface area contributed by atoms with Gasteiger partial charge in [0.1, 0.15) is 11.7 Å². The SMILES string of the molecule is Cc1ccnc(OC2CCN(C)CC2)c1C(=O)O. The van der Waals surface area contributed by atoms with Gasteiger partial charge in [-0.1, -0.05) is 0 Å². The second-order valence-electron chi connectivity index (χ2n) is 4.73. The third kappa shape index (κ3) is 2.79. The number of aryl methyl sites for hydroxylation is 1. The average Bonchev–Trinajstić information content (AvgIpc) is 2.32. The van der Waals surface area contributed by atoms with Crippen molar-refractivity contribution >= 4 is 5.97 Å². The fourth-order valence-electron chi connectivity index (χ4n) is 2.14. The highest BCUT2D eigenvalue weighted by atomic mass is 16.5. The molecule has 0 radical (unpaired) electrons. The van der Waals surface area contributed by atoms with E-state index in [2.05, 4.69) is 16.9 Å². The number of hydrogen-bond donors (Lipinski definition) is 1. The molecule has 18 heavy (non-hydrogen) atoms. The second-order valence-corrected chi connectivity index (χ2v) is 4.73.